The highest BCUT2D eigenvalue weighted by atomic mass is 32.2. The topological polar surface area (TPSA) is 23.1 Å². The van der Waals surface area contributed by atoms with Crippen LogP contribution in [0.5, 0.6) is 0 Å². The monoisotopic (exact) mass is 118 g/mol. The molecule has 0 bridgehead atoms. The van der Waals surface area contributed by atoms with Crippen molar-refractivity contribution in [3.63, 3.8) is 0 Å². The lowest BCUT2D eigenvalue weighted by Gasteiger charge is -2.04. The van der Waals surface area contributed by atoms with Gasteiger partial charge in [-0.3, -0.25) is 0 Å². The summed E-state index contributed by atoms with van der Waals surface area (Å²) in [5, 5.41) is 0. The predicted octanol–water partition coefficient (Wildman–Crippen LogP) is -0.194. The largest absolute Gasteiger partial charge is 0.616 e. The van der Waals surface area contributed by atoms with Crippen molar-refractivity contribution in [1.29, 1.82) is 0 Å². The van der Waals surface area contributed by atoms with Crippen molar-refractivity contribution in [2.24, 2.45) is 0 Å². The molecule has 1 nitrogen and oxygen atoms in total. The third-order valence-corrected chi connectivity index (χ3v) is 2.26. The van der Waals surface area contributed by atoms with Gasteiger partial charge in [-0.2, -0.15) is 0 Å². The Hall–Kier alpha value is 0.375. The fourth-order valence-corrected chi connectivity index (χ4v) is 1.12. The molecular weight excluding hydrogens is 107 g/mol. The van der Waals surface area contributed by atoms with E-state index in [4.69, 9.17) is 0 Å². The second-order valence-electron chi connectivity index (χ2n) is 1.43. The summed E-state index contributed by atoms with van der Waals surface area (Å²) in [7, 11) is 2.05. The minimum atomic E-state index is -0.527. The van der Waals surface area contributed by atoms with Crippen LogP contribution in [-0.4, -0.2) is 23.9 Å². The van der Waals surface area contributed by atoms with Gasteiger partial charge in [0.05, 0.1) is 5.75 Å². The average molecular weight is 118 g/mol. The molecule has 0 aliphatic rings. The van der Waals surface area contributed by atoms with E-state index < -0.39 is 11.2 Å². The summed E-state index contributed by atoms with van der Waals surface area (Å²) in [6, 6.07) is 0. The van der Waals surface area contributed by atoms with E-state index in [2.05, 4.69) is 0 Å². The van der Waals surface area contributed by atoms with Crippen LogP contribution in [0, 0.1) is 0 Å². The van der Waals surface area contributed by atoms with E-state index >= 15 is 0 Å². The zero-order valence-electron chi connectivity index (χ0n) is 4.94. The van der Waals surface area contributed by atoms with Gasteiger partial charge in [0, 0.05) is 0 Å². The summed E-state index contributed by atoms with van der Waals surface area (Å²) in [5.41, 5.74) is 0. The molecule has 0 amide bonds. The van der Waals surface area contributed by atoms with Gasteiger partial charge in [0.2, 0.25) is 0 Å². The summed E-state index contributed by atoms with van der Waals surface area (Å²) in [6.07, 6.45) is 1.04. The van der Waals surface area contributed by atoms with Gasteiger partial charge < -0.3 is 4.55 Å². The molecule has 0 saturated carbocycles. The maximum atomic E-state index is 10.5. The molecule has 0 saturated heterocycles. The van der Waals surface area contributed by atoms with Crippen LogP contribution >= 0.6 is 0 Å². The Morgan fingerprint density at radius 3 is 2.43 bits per heavy atom. The molecule has 7 heavy (non-hydrogen) atoms. The van der Waals surface area contributed by atoms with E-state index in [1.807, 2.05) is 14.8 Å². The summed E-state index contributed by atoms with van der Waals surface area (Å²) in [6.45, 7) is 1.95. The van der Waals surface area contributed by atoms with Crippen LogP contribution in [-0.2, 0) is 11.2 Å². The first-order valence-corrected chi connectivity index (χ1v) is 4.15. The van der Waals surface area contributed by atoms with Gasteiger partial charge in [0.25, 0.3) is 0 Å². The molecule has 0 aliphatic carbocycles. The van der Waals surface area contributed by atoms with E-state index in [-0.39, 0.29) is 0 Å². The zero-order chi connectivity index (χ0) is 5.70. The van der Waals surface area contributed by atoms with Crippen LogP contribution in [0.4, 0.5) is 0 Å². The Kier molecular flexibility index (Phi) is 4.77. The third-order valence-electron chi connectivity index (χ3n) is 0.754. The van der Waals surface area contributed by atoms with Crippen molar-refractivity contribution < 1.29 is 4.55 Å². The summed E-state index contributed by atoms with van der Waals surface area (Å²) < 4.78 is 10.5. The second-order valence-corrected chi connectivity index (χ2v) is 3.30. The quantitative estimate of drug-likeness (QED) is 0.372. The molecule has 0 rings (SSSR count). The van der Waals surface area contributed by atoms with Crippen molar-refractivity contribution in [3.8, 4) is 0 Å². The lowest BCUT2D eigenvalue weighted by molar-refractivity contribution is 0.597. The molecule has 0 aromatic rings. The highest BCUT2D eigenvalue weighted by Gasteiger charge is 1.95. The first kappa shape index (κ1) is 7.37. The highest BCUT2D eigenvalue weighted by molar-refractivity contribution is 7.91. The Bertz CT molecular complexity index is 42.7. The Morgan fingerprint density at radius 1 is 1.71 bits per heavy atom. The standard InChI is InChI=1S/C4H11BOS/c1-2-7(6)4-3-5/h2-5H2,1H3. The van der Waals surface area contributed by atoms with Crippen molar-refractivity contribution in [1.82, 2.24) is 0 Å². The molecule has 42 valence electrons. The SMILES string of the molecule is BCC[S+]([O-])CC. The predicted molar refractivity (Wildman–Crippen MR) is 36.9 cm³/mol. The van der Waals surface area contributed by atoms with Crippen LogP contribution in [0.25, 0.3) is 0 Å². The van der Waals surface area contributed by atoms with Crippen molar-refractivity contribution in [2.75, 3.05) is 11.5 Å². The fourth-order valence-electron chi connectivity index (χ4n) is 0.372. The molecule has 3 heteroatoms. The van der Waals surface area contributed by atoms with Gasteiger partial charge in [-0.25, -0.2) is 0 Å². The molecule has 0 aliphatic heterocycles. The van der Waals surface area contributed by atoms with Crippen LogP contribution in [0.2, 0.25) is 6.32 Å². The van der Waals surface area contributed by atoms with Gasteiger partial charge in [-0.1, -0.05) is 11.2 Å². The summed E-state index contributed by atoms with van der Waals surface area (Å²) in [4.78, 5) is 0. The lowest BCUT2D eigenvalue weighted by Crippen LogP contribution is -2.07. The molecule has 0 fully saturated rings. The Labute approximate surface area is 49.1 Å². The molecular formula is C4H11BOS. The minimum absolute atomic E-state index is 0.527. The van der Waals surface area contributed by atoms with Gasteiger partial charge in [-0.15, -0.1) is 0 Å². The molecule has 0 N–H and O–H groups in total. The molecule has 0 aromatic heterocycles. The smallest absolute Gasteiger partial charge is 0.107 e. The lowest BCUT2D eigenvalue weighted by atomic mass is 10.1. The zero-order valence-corrected chi connectivity index (χ0v) is 5.75. The minimum Gasteiger partial charge on any atom is -0.616 e. The molecule has 0 aromatic carbocycles. The van der Waals surface area contributed by atoms with Crippen molar-refractivity contribution in [2.45, 2.75) is 13.2 Å². The van der Waals surface area contributed by atoms with Crippen molar-refractivity contribution >= 4 is 19.0 Å². The Morgan fingerprint density at radius 2 is 2.29 bits per heavy atom. The van der Waals surface area contributed by atoms with E-state index in [1.165, 1.54) is 0 Å². The molecule has 0 radical (unpaired) electrons. The third kappa shape index (κ3) is 4.22. The van der Waals surface area contributed by atoms with Crippen LogP contribution < -0.4 is 0 Å². The number of hydrogen-bond acceptors (Lipinski definition) is 1. The molecule has 0 heterocycles. The normalized spacial score (nSPS) is 14.0. The first-order chi connectivity index (χ1) is 3.31. The van der Waals surface area contributed by atoms with E-state index in [1.54, 1.807) is 0 Å². The Balaban J connectivity index is 2.83. The maximum absolute atomic E-state index is 10.5. The van der Waals surface area contributed by atoms with Crippen LogP contribution in [0.1, 0.15) is 6.92 Å². The number of hydrogen-bond donors (Lipinski definition) is 0. The number of rotatable bonds is 3. The molecule has 1 unspecified atom stereocenters. The summed E-state index contributed by atoms with van der Waals surface area (Å²) in [5.74, 6) is 1.68. The summed E-state index contributed by atoms with van der Waals surface area (Å²) >= 11 is -0.527. The highest BCUT2D eigenvalue weighted by Crippen LogP contribution is 1.89. The maximum Gasteiger partial charge on any atom is 0.107 e. The van der Waals surface area contributed by atoms with Crippen LogP contribution in [0.3, 0.4) is 0 Å². The van der Waals surface area contributed by atoms with Gasteiger partial charge in [0.15, 0.2) is 0 Å². The fraction of sp³-hybridized carbons (Fsp3) is 1.00. The van der Waals surface area contributed by atoms with E-state index in [9.17, 15) is 4.55 Å². The van der Waals surface area contributed by atoms with E-state index in [0.29, 0.717) is 0 Å². The average Bonchev–Trinajstić information content (AvgIpc) is 1.68. The second kappa shape index (κ2) is 4.53. The van der Waals surface area contributed by atoms with E-state index in [0.717, 1.165) is 17.8 Å². The molecule has 1 atom stereocenters. The first-order valence-electron chi connectivity index (χ1n) is 2.66. The van der Waals surface area contributed by atoms with Gasteiger partial charge in [-0.05, 0) is 13.2 Å². The van der Waals surface area contributed by atoms with Gasteiger partial charge >= 0.3 is 0 Å². The van der Waals surface area contributed by atoms with Gasteiger partial charge in [0.1, 0.15) is 13.6 Å². The van der Waals surface area contributed by atoms with Crippen molar-refractivity contribution in [3.05, 3.63) is 0 Å². The molecule has 0 spiro atoms. The van der Waals surface area contributed by atoms with Crippen LogP contribution in [0.15, 0.2) is 0 Å².